The molecular weight excluding hydrogens is 439 g/mol. The van der Waals surface area contributed by atoms with Gasteiger partial charge in [0.2, 0.25) is 0 Å². The zero-order valence-corrected chi connectivity index (χ0v) is 19.5. The Bertz CT molecular complexity index is 1400. The molecule has 0 saturated heterocycles. The van der Waals surface area contributed by atoms with Gasteiger partial charge in [0.25, 0.3) is 0 Å². The maximum atomic E-state index is 14.3. The van der Waals surface area contributed by atoms with E-state index < -0.39 is 15.4 Å². The Morgan fingerprint density at radius 2 is 1.67 bits per heavy atom. The van der Waals surface area contributed by atoms with E-state index in [4.69, 9.17) is 0 Å². The van der Waals surface area contributed by atoms with E-state index in [0.717, 1.165) is 16.8 Å². The second-order valence-electron chi connectivity index (χ2n) is 8.59. The monoisotopic (exact) mass is 464 g/mol. The normalized spacial score (nSPS) is 12.2. The summed E-state index contributed by atoms with van der Waals surface area (Å²) >= 11 is 0. The first-order valence-corrected chi connectivity index (χ1v) is 12.4. The van der Waals surface area contributed by atoms with Crippen LogP contribution in [0, 0.1) is 5.82 Å². The average molecular weight is 465 g/mol. The van der Waals surface area contributed by atoms with E-state index in [9.17, 15) is 17.9 Å². The number of imidazole rings is 1. The van der Waals surface area contributed by atoms with Crippen LogP contribution in [-0.2, 0) is 21.9 Å². The smallest absolute Gasteiger partial charge is 0.175 e. The number of hydrogen-bond donors (Lipinski definition) is 1. The van der Waals surface area contributed by atoms with Gasteiger partial charge in [-0.2, -0.15) is 0 Å². The molecule has 1 heterocycles. The number of rotatable bonds is 6. The Balaban J connectivity index is 1.73. The summed E-state index contributed by atoms with van der Waals surface area (Å²) in [5.41, 5.74) is 2.30. The van der Waals surface area contributed by atoms with E-state index in [-0.39, 0.29) is 17.1 Å². The molecule has 33 heavy (non-hydrogen) atoms. The number of hydrogen-bond acceptors (Lipinski definition) is 4. The first kappa shape index (κ1) is 22.9. The standard InChI is InChI=1S/C26H25FN2O3S/c1-26(2,30)24-17-29(25(28-24)16-20-7-4-5-10-23(20)27)21-13-11-18(12-14-21)19-8-6-9-22(15-19)33(3,31)32/h4-15,17,30H,16H2,1-3H3. The highest BCUT2D eigenvalue weighted by Gasteiger charge is 2.23. The molecule has 0 aliphatic rings. The van der Waals surface area contributed by atoms with Crippen LogP contribution in [0.15, 0.2) is 83.9 Å². The van der Waals surface area contributed by atoms with Crippen molar-refractivity contribution >= 4 is 9.84 Å². The summed E-state index contributed by atoms with van der Waals surface area (Å²) in [6.07, 6.45) is 3.21. The first-order chi connectivity index (χ1) is 15.5. The summed E-state index contributed by atoms with van der Waals surface area (Å²) in [6, 6.07) is 20.9. The van der Waals surface area contributed by atoms with Gasteiger partial charge in [0.15, 0.2) is 9.84 Å². The highest BCUT2D eigenvalue weighted by Crippen LogP contribution is 2.27. The lowest BCUT2D eigenvalue weighted by molar-refractivity contribution is 0.0741. The molecule has 0 fully saturated rings. The molecule has 0 radical (unpaired) electrons. The van der Waals surface area contributed by atoms with E-state index in [0.29, 0.717) is 17.1 Å². The fraction of sp³-hybridized carbons (Fsp3) is 0.192. The molecule has 0 amide bonds. The predicted molar refractivity (Wildman–Crippen MR) is 127 cm³/mol. The number of aromatic nitrogens is 2. The predicted octanol–water partition coefficient (Wildman–Crippen LogP) is 4.90. The van der Waals surface area contributed by atoms with Crippen LogP contribution in [0.2, 0.25) is 0 Å². The summed E-state index contributed by atoms with van der Waals surface area (Å²) in [5, 5.41) is 10.5. The van der Waals surface area contributed by atoms with Crippen molar-refractivity contribution in [3.8, 4) is 16.8 Å². The Morgan fingerprint density at radius 1 is 0.970 bits per heavy atom. The zero-order chi connectivity index (χ0) is 23.8. The highest BCUT2D eigenvalue weighted by molar-refractivity contribution is 7.90. The first-order valence-electron chi connectivity index (χ1n) is 10.5. The molecule has 0 atom stereocenters. The SMILES string of the molecule is CC(C)(O)c1cn(-c2ccc(-c3cccc(S(C)(=O)=O)c3)cc2)c(Cc2ccccc2F)n1. The van der Waals surface area contributed by atoms with Gasteiger partial charge >= 0.3 is 0 Å². The number of benzene rings is 3. The minimum absolute atomic E-state index is 0.265. The molecule has 5 nitrogen and oxygen atoms in total. The quantitative estimate of drug-likeness (QED) is 0.441. The summed E-state index contributed by atoms with van der Waals surface area (Å²) in [5.74, 6) is 0.294. The van der Waals surface area contributed by atoms with E-state index in [1.165, 1.54) is 12.3 Å². The summed E-state index contributed by atoms with van der Waals surface area (Å²) in [7, 11) is -3.30. The van der Waals surface area contributed by atoms with Crippen molar-refractivity contribution in [2.45, 2.75) is 30.8 Å². The van der Waals surface area contributed by atoms with Gasteiger partial charge in [0.1, 0.15) is 17.2 Å². The molecular formula is C26H25FN2O3S. The number of sulfone groups is 1. The third-order valence-electron chi connectivity index (χ3n) is 5.45. The molecule has 0 spiro atoms. The van der Waals surface area contributed by atoms with Crippen LogP contribution in [0.1, 0.15) is 30.9 Å². The summed E-state index contributed by atoms with van der Waals surface area (Å²) in [4.78, 5) is 4.86. The van der Waals surface area contributed by atoms with Crippen LogP contribution in [-0.4, -0.2) is 29.3 Å². The molecule has 0 unspecified atom stereocenters. The van der Waals surface area contributed by atoms with E-state index >= 15 is 0 Å². The molecule has 4 rings (SSSR count). The molecule has 0 aliphatic carbocycles. The van der Waals surface area contributed by atoms with Crippen molar-refractivity contribution in [2.75, 3.05) is 6.26 Å². The van der Waals surface area contributed by atoms with Crippen molar-refractivity contribution < 1.29 is 17.9 Å². The Kier molecular flexibility index (Phi) is 5.95. The highest BCUT2D eigenvalue weighted by atomic mass is 32.2. The lowest BCUT2D eigenvalue weighted by Crippen LogP contribution is -2.16. The van der Waals surface area contributed by atoms with Crippen molar-refractivity contribution in [1.29, 1.82) is 0 Å². The Hall–Kier alpha value is -3.29. The van der Waals surface area contributed by atoms with Gasteiger partial charge in [-0.3, -0.25) is 0 Å². The zero-order valence-electron chi connectivity index (χ0n) is 18.7. The van der Waals surface area contributed by atoms with Crippen LogP contribution in [0.3, 0.4) is 0 Å². The van der Waals surface area contributed by atoms with Crippen LogP contribution in [0.4, 0.5) is 4.39 Å². The van der Waals surface area contributed by atoms with Crippen LogP contribution in [0.25, 0.3) is 16.8 Å². The molecule has 3 aromatic carbocycles. The second kappa shape index (κ2) is 8.57. The maximum Gasteiger partial charge on any atom is 0.175 e. The molecule has 0 saturated carbocycles. The van der Waals surface area contributed by atoms with Gasteiger partial charge in [0.05, 0.1) is 10.6 Å². The lowest BCUT2D eigenvalue weighted by atomic mass is 10.1. The topological polar surface area (TPSA) is 72.2 Å². The van der Waals surface area contributed by atoms with Gasteiger partial charge in [-0.05, 0) is 60.9 Å². The number of aliphatic hydroxyl groups is 1. The van der Waals surface area contributed by atoms with Gasteiger partial charge in [-0.1, -0.05) is 42.5 Å². The fourth-order valence-corrected chi connectivity index (χ4v) is 4.26. The van der Waals surface area contributed by atoms with E-state index in [1.54, 1.807) is 56.4 Å². The minimum atomic E-state index is -3.30. The van der Waals surface area contributed by atoms with Crippen LogP contribution >= 0.6 is 0 Å². The largest absolute Gasteiger partial charge is 0.384 e. The van der Waals surface area contributed by atoms with E-state index in [2.05, 4.69) is 4.98 Å². The molecule has 170 valence electrons. The van der Waals surface area contributed by atoms with Crippen molar-refractivity contribution in [1.82, 2.24) is 9.55 Å². The van der Waals surface area contributed by atoms with Crippen LogP contribution in [0.5, 0.6) is 0 Å². The summed E-state index contributed by atoms with van der Waals surface area (Å²) in [6.45, 7) is 3.31. The van der Waals surface area contributed by atoms with Crippen molar-refractivity contribution in [2.24, 2.45) is 0 Å². The van der Waals surface area contributed by atoms with E-state index in [1.807, 2.05) is 34.9 Å². The maximum absolute atomic E-state index is 14.3. The molecule has 0 bridgehead atoms. The van der Waals surface area contributed by atoms with Gasteiger partial charge in [-0.25, -0.2) is 17.8 Å². The number of halogens is 1. The average Bonchev–Trinajstić information content (AvgIpc) is 3.19. The third-order valence-corrected chi connectivity index (χ3v) is 6.56. The minimum Gasteiger partial charge on any atom is -0.384 e. The number of nitrogens with zero attached hydrogens (tertiary/aromatic N) is 2. The van der Waals surface area contributed by atoms with Gasteiger partial charge in [-0.15, -0.1) is 0 Å². The fourth-order valence-electron chi connectivity index (χ4n) is 3.59. The molecule has 4 aromatic rings. The van der Waals surface area contributed by atoms with Gasteiger partial charge in [0, 0.05) is 24.6 Å². The molecule has 7 heteroatoms. The second-order valence-corrected chi connectivity index (χ2v) is 10.6. The van der Waals surface area contributed by atoms with Crippen molar-refractivity contribution in [3.63, 3.8) is 0 Å². The third kappa shape index (κ3) is 5.05. The van der Waals surface area contributed by atoms with Gasteiger partial charge < -0.3 is 9.67 Å². The Labute approximate surface area is 193 Å². The molecule has 1 aromatic heterocycles. The molecule has 1 N–H and O–H groups in total. The van der Waals surface area contributed by atoms with Crippen molar-refractivity contribution in [3.05, 3.63) is 102 Å². The summed E-state index contributed by atoms with van der Waals surface area (Å²) < 4.78 is 39.9. The lowest BCUT2D eigenvalue weighted by Gasteiger charge is -2.13. The molecule has 0 aliphatic heterocycles. The van der Waals surface area contributed by atoms with Crippen LogP contribution < -0.4 is 0 Å². The Morgan fingerprint density at radius 3 is 2.30 bits per heavy atom.